The fourth-order valence-corrected chi connectivity index (χ4v) is 2.73. The van der Waals surface area contributed by atoms with Crippen molar-refractivity contribution in [2.75, 3.05) is 13.1 Å². The Bertz CT molecular complexity index is 229. The Morgan fingerprint density at radius 3 is 2.64 bits per heavy atom. The number of nitrogens with zero attached hydrogens (tertiary/aromatic N) is 1. The minimum atomic E-state index is -0.598. The summed E-state index contributed by atoms with van der Waals surface area (Å²) in [7, 11) is 0. The highest BCUT2D eigenvalue weighted by atomic mass is 16.4. The average molecular weight is 197 g/mol. The summed E-state index contributed by atoms with van der Waals surface area (Å²) >= 11 is 0. The van der Waals surface area contributed by atoms with Gasteiger partial charge >= 0.3 is 5.97 Å². The Kier molecular flexibility index (Phi) is 2.77. The van der Waals surface area contributed by atoms with Gasteiger partial charge in [-0.2, -0.15) is 0 Å². The fourth-order valence-electron chi connectivity index (χ4n) is 2.73. The molecule has 0 aromatic heterocycles. The van der Waals surface area contributed by atoms with Gasteiger partial charge in [-0.25, -0.2) is 0 Å². The van der Waals surface area contributed by atoms with Crippen LogP contribution in [0.1, 0.15) is 32.6 Å². The van der Waals surface area contributed by atoms with Gasteiger partial charge < -0.3 is 5.11 Å². The van der Waals surface area contributed by atoms with Crippen molar-refractivity contribution >= 4 is 5.97 Å². The smallest absolute Gasteiger partial charge is 0.308 e. The van der Waals surface area contributed by atoms with Gasteiger partial charge in [0.25, 0.3) is 0 Å². The maximum Gasteiger partial charge on any atom is 0.308 e. The summed E-state index contributed by atoms with van der Waals surface area (Å²) in [5, 5.41) is 8.97. The largest absolute Gasteiger partial charge is 0.481 e. The molecule has 1 N–H and O–H groups in total. The number of likely N-dealkylation sites (tertiary alicyclic amines) is 1. The molecule has 0 spiro atoms. The summed E-state index contributed by atoms with van der Waals surface area (Å²) < 4.78 is 0. The number of carboxylic acids is 1. The molecule has 1 heterocycles. The zero-order valence-electron chi connectivity index (χ0n) is 8.78. The molecule has 0 aromatic carbocycles. The first-order valence-electron chi connectivity index (χ1n) is 5.65. The number of carboxylic acid groups (broad SMARTS) is 1. The van der Waals surface area contributed by atoms with Gasteiger partial charge in [0.05, 0.1) is 5.92 Å². The van der Waals surface area contributed by atoms with E-state index in [-0.39, 0.29) is 5.92 Å². The van der Waals surface area contributed by atoms with E-state index in [1.54, 1.807) is 0 Å². The van der Waals surface area contributed by atoms with Gasteiger partial charge in [0.2, 0.25) is 0 Å². The van der Waals surface area contributed by atoms with Crippen LogP contribution >= 0.6 is 0 Å². The first-order valence-corrected chi connectivity index (χ1v) is 5.65. The minimum Gasteiger partial charge on any atom is -0.481 e. The molecule has 1 aliphatic carbocycles. The molecule has 1 saturated carbocycles. The SMILES string of the molecule is CC1CCCN(C2CCC2C(=O)O)C1. The zero-order valence-corrected chi connectivity index (χ0v) is 8.78. The molecular weight excluding hydrogens is 178 g/mol. The highest BCUT2D eigenvalue weighted by Gasteiger charge is 2.41. The fraction of sp³-hybridized carbons (Fsp3) is 0.909. The lowest BCUT2D eigenvalue weighted by atomic mass is 9.77. The van der Waals surface area contributed by atoms with Crippen LogP contribution in [0.15, 0.2) is 0 Å². The third-order valence-electron chi connectivity index (χ3n) is 3.71. The number of piperidine rings is 1. The molecule has 3 unspecified atom stereocenters. The van der Waals surface area contributed by atoms with Crippen LogP contribution in [-0.2, 0) is 4.79 Å². The molecule has 1 aliphatic heterocycles. The molecular formula is C11H19NO2. The lowest BCUT2D eigenvalue weighted by Gasteiger charge is -2.45. The Hall–Kier alpha value is -0.570. The molecule has 1 saturated heterocycles. The topological polar surface area (TPSA) is 40.5 Å². The third kappa shape index (κ3) is 1.78. The van der Waals surface area contributed by atoms with Crippen LogP contribution in [0, 0.1) is 11.8 Å². The second-order valence-corrected chi connectivity index (χ2v) is 4.83. The number of hydrogen-bond donors (Lipinski definition) is 1. The summed E-state index contributed by atoms with van der Waals surface area (Å²) in [4.78, 5) is 13.3. The van der Waals surface area contributed by atoms with Gasteiger partial charge in [0.15, 0.2) is 0 Å². The van der Waals surface area contributed by atoms with Gasteiger partial charge in [-0.3, -0.25) is 9.69 Å². The number of aliphatic carboxylic acids is 1. The van der Waals surface area contributed by atoms with Gasteiger partial charge in [-0.05, 0) is 38.1 Å². The lowest BCUT2D eigenvalue weighted by Crippen LogP contribution is -2.53. The minimum absolute atomic E-state index is 0.0831. The molecule has 0 radical (unpaired) electrons. The summed E-state index contributed by atoms with van der Waals surface area (Å²) in [6, 6.07) is 0.343. The van der Waals surface area contributed by atoms with Crippen molar-refractivity contribution in [3.8, 4) is 0 Å². The molecule has 2 rings (SSSR count). The van der Waals surface area contributed by atoms with E-state index < -0.39 is 5.97 Å². The van der Waals surface area contributed by atoms with Crippen molar-refractivity contribution in [1.29, 1.82) is 0 Å². The van der Waals surface area contributed by atoms with Crippen LogP contribution in [0.2, 0.25) is 0 Å². The maximum atomic E-state index is 10.9. The second kappa shape index (κ2) is 3.89. The van der Waals surface area contributed by atoms with E-state index in [0.717, 1.165) is 31.8 Å². The van der Waals surface area contributed by atoms with E-state index in [4.69, 9.17) is 5.11 Å². The zero-order chi connectivity index (χ0) is 10.1. The van der Waals surface area contributed by atoms with Crippen LogP contribution in [0.25, 0.3) is 0 Å². The van der Waals surface area contributed by atoms with Crippen molar-refractivity contribution in [3.63, 3.8) is 0 Å². The van der Waals surface area contributed by atoms with E-state index in [1.165, 1.54) is 12.8 Å². The molecule has 2 aliphatic rings. The van der Waals surface area contributed by atoms with Gasteiger partial charge in [-0.1, -0.05) is 6.92 Å². The van der Waals surface area contributed by atoms with Crippen LogP contribution in [0.4, 0.5) is 0 Å². The third-order valence-corrected chi connectivity index (χ3v) is 3.71. The van der Waals surface area contributed by atoms with E-state index in [2.05, 4.69) is 11.8 Å². The monoisotopic (exact) mass is 197 g/mol. The van der Waals surface area contributed by atoms with Crippen LogP contribution in [0.5, 0.6) is 0 Å². The molecule has 0 amide bonds. The van der Waals surface area contributed by atoms with Gasteiger partial charge in [0.1, 0.15) is 0 Å². The van der Waals surface area contributed by atoms with Crippen molar-refractivity contribution < 1.29 is 9.90 Å². The van der Waals surface area contributed by atoms with E-state index in [0.29, 0.717) is 6.04 Å². The van der Waals surface area contributed by atoms with E-state index >= 15 is 0 Å². The first-order chi connectivity index (χ1) is 6.68. The molecule has 0 aromatic rings. The van der Waals surface area contributed by atoms with Gasteiger partial charge in [0, 0.05) is 12.6 Å². The summed E-state index contributed by atoms with van der Waals surface area (Å²) in [6.45, 7) is 4.48. The Balaban J connectivity index is 1.91. The second-order valence-electron chi connectivity index (χ2n) is 4.83. The van der Waals surface area contributed by atoms with Crippen LogP contribution in [-0.4, -0.2) is 35.1 Å². The molecule has 14 heavy (non-hydrogen) atoms. The summed E-state index contributed by atoms with van der Waals surface area (Å²) in [5.74, 6) is 0.0681. The normalized spacial score (nSPS) is 39.1. The van der Waals surface area contributed by atoms with Gasteiger partial charge in [-0.15, -0.1) is 0 Å². The van der Waals surface area contributed by atoms with E-state index in [1.807, 2.05) is 0 Å². The van der Waals surface area contributed by atoms with Crippen molar-refractivity contribution in [3.05, 3.63) is 0 Å². The number of rotatable bonds is 2. The standard InChI is InChI=1S/C11H19NO2/c1-8-3-2-6-12(7-8)10-5-4-9(10)11(13)14/h8-10H,2-7H2,1H3,(H,13,14). The van der Waals surface area contributed by atoms with E-state index in [9.17, 15) is 4.79 Å². The molecule has 0 bridgehead atoms. The predicted molar refractivity (Wildman–Crippen MR) is 54.1 cm³/mol. The van der Waals surface area contributed by atoms with Crippen molar-refractivity contribution in [1.82, 2.24) is 4.90 Å². The number of carbonyl (C=O) groups is 1. The maximum absolute atomic E-state index is 10.9. The van der Waals surface area contributed by atoms with Crippen LogP contribution in [0.3, 0.4) is 0 Å². The summed E-state index contributed by atoms with van der Waals surface area (Å²) in [5.41, 5.74) is 0. The molecule has 2 fully saturated rings. The highest BCUT2D eigenvalue weighted by molar-refractivity contribution is 5.72. The average Bonchev–Trinajstić information content (AvgIpc) is 2.00. The number of hydrogen-bond acceptors (Lipinski definition) is 2. The Labute approximate surface area is 85.1 Å². The van der Waals surface area contributed by atoms with Crippen molar-refractivity contribution in [2.45, 2.75) is 38.6 Å². The summed E-state index contributed by atoms with van der Waals surface area (Å²) in [6.07, 6.45) is 4.51. The predicted octanol–water partition coefficient (Wildman–Crippen LogP) is 1.58. The van der Waals surface area contributed by atoms with Crippen LogP contribution < -0.4 is 0 Å². The Morgan fingerprint density at radius 1 is 1.36 bits per heavy atom. The Morgan fingerprint density at radius 2 is 2.14 bits per heavy atom. The molecule has 3 atom stereocenters. The molecule has 3 heteroatoms. The first kappa shape index (κ1) is 9.97. The quantitative estimate of drug-likeness (QED) is 0.730. The highest BCUT2D eigenvalue weighted by Crippen LogP contribution is 2.34. The van der Waals surface area contributed by atoms with Crippen molar-refractivity contribution in [2.24, 2.45) is 11.8 Å². The lowest BCUT2D eigenvalue weighted by molar-refractivity contribution is -0.149. The molecule has 80 valence electrons. The molecule has 3 nitrogen and oxygen atoms in total.